The molecule has 4 rings (SSSR count). The third-order valence-electron chi connectivity index (χ3n) is 4.63. The summed E-state index contributed by atoms with van der Waals surface area (Å²) in [5.41, 5.74) is 2.43. The number of thioether (sulfide) groups is 1. The Hall–Kier alpha value is -1.88. The number of sulfonamides is 1. The van der Waals surface area contributed by atoms with Crippen molar-refractivity contribution in [1.82, 2.24) is 19.0 Å². The summed E-state index contributed by atoms with van der Waals surface area (Å²) in [6, 6.07) is 7.06. The van der Waals surface area contributed by atoms with Gasteiger partial charge in [0.15, 0.2) is 5.16 Å². The molecular weight excluding hydrogens is 400 g/mol. The predicted molar refractivity (Wildman–Crippen MR) is 106 cm³/mol. The molecule has 1 saturated heterocycles. The molecule has 0 saturated carbocycles. The Morgan fingerprint density at radius 2 is 2.00 bits per heavy atom. The summed E-state index contributed by atoms with van der Waals surface area (Å²) in [5.74, 6) is 1.40. The number of benzene rings is 1. The van der Waals surface area contributed by atoms with Gasteiger partial charge in [0.05, 0.1) is 40.6 Å². The van der Waals surface area contributed by atoms with Crippen LogP contribution in [0.5, 0.6) is 0 Å². The van der Waals surface area contributed by atoms with Crippen LogP contribution in [0.1, 0.15) is 18.4 Å². The van der Waals surface area contributed by atoms with Crippen LogP contribution in [0.2, 0.25) is 0 Å². The fourth-order valence-electron chi connectivity index (χ4n) is 3.22. The highest BCUT2D eigenvalue weighted by Gasteiger charge is 2.27. The maximum atomic E-state index is 12.9. The quantitative estimate of drug-likeness (QED) is 0.564. The van der Waals surface area contributed by atoms with Crippen LogP contribution in [0.3, 0.4) is 0 Å². The fourth-order valence-corrected chi connectivity index (χ4v) is 5.60. The lowest BCUT2D eigenvalue weighted by molar-refractivity contribution is 0.0730. The number of nitrogens with zero attached hydrogens (tertiary/aromatic N) is 4. The van der Waals surface area contributed by atoms with Gasteiger partial charge < -0.3 is 13.8 Å². The first kappa shape index (κ1) is 19.4. The van der Waals surface area contributed by atoms with Gasteiger partial charge in [0.1, 0.15) is 5.76 Å². The number of aryl methyl sites for hydroxylation is 2. The Labute approximate surface area is 167 Å². The van der Waals surface area contributed by atoms with Gasteiger partial charge in [-0.2, -0.15) is 4.31 Å². The second-order valence-corrected chi connectivity index (χ2v) is 9.41. The molecule has 28 heavy (non-hydrogen) atoms. The molecule has 1 fully saturated rings. The molecule has 10 heteroatoms. The zero-order valence-corrected chi connectivity index (χ0v) is 17.4. The van der Waals surface area contributed by atoms with Gasteiger partial charge in [0.2, 0.25) is 10.0 Å². The molecular formula is C18H22N4O4S2. The standard InChI is InChI=1S/C18H22N4O4S2/c1-3-22-17-5-4-15(28(23,24)21-6-8-25-9-7-21)11-16(17)19-18(22)27-12-14-10-13(2)20-26-14/h4-5,10-11H,3,6-9,12H2,1-2H3. The molecule has 3 heterocycles. The monoisotopic (exact) mass is 422 g/mol. The van der Waals surface area contributed by atoms with Crippen LogP contribution in [-0.2, 0) is 27.1 Å². The molecule has 0 amide bonds. The van der Waals surface area contributed by atoms with E-state index in [4.69, 9.17) is 9.26 Å². The van der Waals surface area contributed by atoms with E-state index in [2.05, 4.69) is 14.7 Å². The molecule has 0 N–H and O–H groups in total. The van der Waals surface area contributed by atoms with Crippen LogP contribution in [-0.4, -0.2) is 53.7 Å². The molecule has 8 nitrogen and oxygen atoms in total. The maximum Gasteiger partial charge on any atom is 0.243 e. The molecule has 1 aliphatic heterocycles. The van der Waals surface area contributed by atoms with Crippen LogP contribution in [0.4, 0.5) is 0 Å². The zero-order valence-electron chi connectivity index (χ0n) is 15.8. The largest absolute Gasteiger partial charge is 0.379 e. The SMILES string of the molecule is CCn1c(SCc2cc(C)no2)nc2cc(S(=O)(=O)N3CCOCC3)ccc21. The predicted octanol–water partition coefficient (Wildman–Crippen LogP) is 2.67. The summed E-state index contributed by atoms with van der Waals surface area (Å²) in [4.78, 5) is 4.95. The lowest BCUT2D eigenvalue weighted by atomic mass is 10.3. The number of aromatic nitrogens is 3. The van der Waals surface area contributed by atoms with E-state index in [0.29, 0.717) is 37.6 Å². The smallest absolute Gasteiger partial charge is 0.243 e. The summed E-state index contributed by atoms with van der Waals surface area (Å²) < 4.78 is 39.9. The second-order valence-electron chi connectivity index (χ2n) is 6.53. The van der Waals surface area contributed by atoms with Crippen LogP contribution in [0.25, 0.3) is 11.0 Å². The van der Waals surface area contributed by atoms with Crippen molar-refractivity contribution in [2.45, 2.75) is 36.2 Å². The maximum absolute atomic E-state index is 12.9. The van der Waals surface area contributed by atoms with E-state index in [9.17, 15) is 8.42 Å². The van der Waals surface area contributed by atoms with E-state index in [1.54, 1.807) is 23.9 Å². The number of fused-ring (bicyclic) bond motifs is 1. The van der Waals surface area contributed by atoms with E-state index < -0.39 is 10.0 Å². The van der Waals surface area contributed by atoms with Gasteiger partial charge in [-0.25, -0.2) is 13.4 Å². The van der Waals surface area contributed by atoms with Gasteiger partial charge in [0.25, 0.3) is 0 Å². The van der Waals surface area contributed by atoms with Crippen LogP contribution in [0, 0.1) is 6.92 Å². The van der Waals surface area contributed by atoms with Gasteiger partial charge in [0, 0.05) is 25.7 Å². The Morgan fingerprint density at radius 1 is 1.21 bits per heavy atom. The second kappa shape index (κ2) is 7.86. The fraction of sp³-hybridized carbons (Fsp3) is 0.444. The van der Waals surface area contributed by atoms with E-state index in [1.165, 1.54) is 4.31 Å². The summed E-state index contributed by atoms with van der Waals surface area (Å²) in [5, 5.41) is 4.73. The zero-order chi connectivity index (χ0) is 19.7. The average molecular weight is 423 g/mol. The summed E-state index contributed by atoms with van der Waals surface area (Å²) in [7, 11) is -3.54. The molecule has 0 unspecified atom stereocenters. The van der Waals surface area contributed by atoms with Crippen LogP contribution < -0.4 is 0 Å². The van der Waals surface area contributed by atoms with Crippen molar-refractivity contribution in [3.05, 3.63) is 35.7 Å². The lowest BCUT2D eigenvalue weighted by Gasteiger charge is -2.26. The van der Waals surface area contributed by atoms with Crippen molar-refractivity contribution in [3.8, 4) is 0 Å². The number of hydrogen-bond acceptors (Lipinski definition) is 7. The van der Waals surface area contributed by atoms with Crippen molar-refractivity contribution < 1.29 is 17.7 Å². The Bertz CT molecular complexity index is 1080. The molecule has 0 spiro atoms. The topological polar surface area (TPSA) is 90.5 Å². The number of ether oxygens (including phenoxy) is 1. The average Bonchev–Trinajstić information content (AvgIpc) is 3.28. The highest BCUT2D eigenvalue weighted by Crippen LogP contribution is 2.29. The van der Waals surface area contributed by atoms with Crippen LogP contribution in [0.15, 0.2) is 38.8 Å². The summed E-state index contributed by atoms with van der Waals surface area (Å²) in [6.45, 7) is 6.27. The minimum Gasteiger partial charge on any atom is -0.379 e. The number of hydrogen-bond donors (Lipinski definition) is 0. The number of morpholine rings is 1. The van der Waals surface area contributed by atoms with Crippen molar-refractivity contribution in [2.75, 3.05) is 26.3 Å². The molecule has 2 aromatic heterocycles. The van der Waals surface area contributed by atoms with Crippen molar-refractivity contribution in [2.24, 2.45) is 0 Å². The van der Waals surface area contributed by atoms with E-state index in [0.717, 1.165) is 28.7 Å². The Morgan fingerprint density at radius 3 is 2.68 bits per heavy atom. The first-order valence-corrected chi connectivity index (χ1v) is 11.5. The van der Waals surface area contributed by atoms with Gasteiger partial charge in [-0.1, -0.05) is 16.9 Å². The molecule has 0 radical (unpaired) electrons. The van der Waals surface area contributed by atoms with E-state index >= 15 is 0 Å². The molecule has 0 aliphatic carbocycles. The first-order valence-electron chi connectivity index (χ1n) is 9.12. The summed E-state index contributed by atoms with van der Waals surface area (Å²) in [6.07, 6.45) is 0. The highest BCUT2D eigenvalue weighted by molar-refractivity contribution is 7.98. The van der Waals surface area contributed by atoms with Gasteiger partial charge in [-0.05, 0) is 32.0 Å². The molecule has 150 valence electrons. The van der Waals surface area contributed by atoms with Gasteiger partial charge in [-0.15, -0.1) is 0 Å². The molecule has 3 aromatic rings. The Balaban J connectivity index is 1.64. The third-order valence-corrected chi connectivity index (χ3v) is 7.52. The van der Waals surface area contributed by atoms with E-state index in [-0.39, 0.29) is 4.90 Å². The third kappa shape index (κ3) is 3.69. The highest BCUT2D eigenvalue weighted by atomic mass is 32.2. The minimum absolute atomic E-state index is 0.269. The van der Waals surface area contributed by atoms with Gasteiger partial charge in [-0.3, -0.25) is 0 Å². The summed E-state index contributed by atoms with van der Waals surface area (Å²) >= 11 is 1.55. The van der Waals surface area contributed by atoms with E-state index in [1.807, 2.05) is 26.0 Å². The normalized spacial score (nSPS) is 16.1. The number of rotatable bonds is 6. The molecule has 0 atom stereocenters. The molecule has 1 aliphatic rings. The first-order chi connectivity index (χ1) is 13.5. The van der Waals surface area contributed by atoms with Crippen LogP contribution >= 0.6 is 11.8 Å². The molecule has 0 bridgehead atoms. The Kier molecular flexibility index (Phi) is 5.46. The van der Waals surface area contributed by atoms with Crippen molar-refractivity contribution in [3.63, 3.8) is 0 Å². The molecule has 1 aromatic carbocycles. The van der Waals surface area contributed by atoms with Crippen molar-refractivity contribution >= 4 is 32.8 Å². The number of imidazole rings is 1. The van der Waals surface area contributed by atoms with Crippen molar-refractivity contribution in [1.29, 1.82) is 0 Å². The minimum atomic E-state index is -3.54. The lowest BCUT2D eigenvalue weighted by Crippen LogP contribution is -2.40. The van der Waals surface area contributed by atoms with Gasteiger partial charge >= 0.3 is 0 Å².